The molecule has 1 fully saturated rings. The molecule has 0 spiro atoms. The van der Waals surface area contributed by atoms with Gasteiger partial charge >= 0.3 is 0 Å². The number of thiazole rings is 1. The molecule has 0 N–H and O–H groups in total. The van der Waals surface area contributed by atoms with Crippen molar-refractivity contribution in [2.24, 2.45) is 0 Å². The molecule has 0 radical (unpaired) electrons. The monoisotopic (exact) mass is 238 g/mol. The molecule has 0 amide bonds. The third kappa shape index (κ3) is 2.68. The first-order valence-corrected chi connectivity index (χ1v) is 6.68. The van der Waals surface area contributed by atoms with Crippen molar-refractivity contribution < 1.29 is 4.79 Å². The van der Waals surface area contributed by atoms with Gasteiger partial charge in [-0.25, -0.2) is 4.98 Å². The van der Waals surface area contributed by atoms with Crippen LogP contribution < -0.4 is 0 Å². The number of aryl methyl sites for hydroxylation is 1. The summed E-state index contributed by atoms with van der Waals surface area (Å²) in [6.45, 7) is 7.08. The second-order valence-corrected chi connectivity index (χ2v) is 5.46. The molecule has 0 atom stereocenters. The smallest absolute Gasteiger partial charge is 0.171 e. The number of ketones is 1. The summed E-state index contributed by atoms with van der Waals surface area (Å²) in [5, 5.41) is 1.11. The van der Waals surface area contributed by atoms with Crippen LogP contribution in [0.25, 0.3) is 0 Å². The summed E-state index contributed by atoms with van der Waals surface area (Å²) in [6.07, 6.45) is 3.64. The molecule has 16 heavy (non-hydrogen) atoms. The topological polar surface area (TPSA) is 33.2 Å². The van der Waals surface area contributed by atoms with E-state index in [9.17, 15) is 4.79 Å². The van der Waals surface area contributed by atoms with Crippen molar-refractivity contribution in [2.45, 2.75) is 33.1 Å². The van der Waals surface area contributed by atoms with E-state index in [1.54, 1.807) is 18.3 Å². The molecule has 1 aliphatic heterocycles. The van der Waals surface area contributed by atoms with Gasteiger partial charge in [0.05, 0.1) is 15.6 Å². The Labute approximate surface area is 100 Å². The first kappa shape index (κ1) is 11.7. The molecular formula is C12H18N2OS. The van der Waals surface area contributed by atoms with Crippen LogP contribution in [0, 0.1) is 6.92 Å². The summed E-state index contributed by atoms with van der Waals surface area (Å²) >= 11 is 1.56. The first-order valence-electron chi connectivity index (χ1n) is 5.86. The van der Waals surface area contributed by atoms with Gasteiger partial charge in [0.1, 0.15) is 0 Å². The van der Waals surface area contributed by atoms with Crippen LogP contribution in [0.15, 0.2) is 0 Å². The maximum atomic E-state index is 11.3. The number of carbonyl (C=O) groups is 1. The Balaban J connectivity index is 1.94. The zero-order valence-corrected chi connectivity index (χ0v) is 10.8. The highest BCUT2D eigenvalue weighted by atomic mass is 32.1. The van der Waals surface area contributed by atoms with E-state index >= 15 is 0 Å². The molecular weight excluding hydrogens is 220 g/mol. The molecule has 0 saturated carbocycles. The van der Waals surface area contributed by atoms with Crippen molar-refractivity contribution in [3.8, 4) is 0 Å². The molecule has 0 unspecified atom stereocenters. The molecule has 4 heteroatoms. The van der Waals surface area contributed by atoms with Crippen LogP contribution in [0.1, 0.15) is 40.1 Å². The van der Waals surface area contributed by atoms with Gasteiger partial charge in [0.25, 0.3) is 0 Å². The molecule has 0 bridgehead atoms. The number of aromatic nitrogens is 1. The second-order valence-electron chi connectivity index (χ2n) is 4.38. The number of carbonyl (C=O) groups excluding carboxylic acids is 1. The second kappa shape index (κ2) is 5.06. The summed E-state index contributed by atoms with van der Waals surface area (Å²) in [6, 6.07) is 0. The lowest BCUT2D eigenvalue weighted by Crippen LogP contribution is -2.21. The largest absolute Gasteiger partial charge is 0.303 e. The maximum Gasteiger partial charge on any atom is 0.171 e. The highest BCUT2D eigenvalue weighted by molar-refractivity contribution is 7.13. The van der Waals surface area contributed by atoms with Gasteiger partial charge in [-0.3, -0.25) is 4.79 Å². The van der Waals surface area contributed by atoms with E-state index in [1.165, 1.54) is 25.9 Å². The minimum atomic E-state index is 0.141. The molecule has 1 aromatic rings. The molecule has 1 saturated heterocycles. The Kier molecular flexibility index (Phi) is 3.71. The molecule has 3 nitrogen and oxygen atoms in total. The Morgan fingerprint density at radius 2 is 2.12 bits per heavy atom. The van der Waals surface area contributed by atoms with Crippen molar-refractivity contribution in [1.82, 2.24) is 9.88 Å². The third-order valence-corrected chi connectivity index (χ3v) is 4.32. The highest BCUT2D eigenvalue weighted by Gasteiger charge is 2.14. The van der Waals surface area contributed by atoms with Crippen molar-refractivity contribution in [3.63, 3.8) is 0 Å². The average molecular weight is 238 g/mol. The van der Waals surface area contributed by atoms with Gasteiger partial charge in [0.2, 0.25) is 0 Å². The fraction of sp³-hybridized carbons (Fsp3) is 0.667. The number of hydrogen-bond acceptors (Lipinski definition) is 4. The Bertz CT molecular complexity index is 380. The summed E-state index contributed by atoms with van der Waals surface area (Å²) in [7, 11) is 0. The Morgan fingerprint density at radius 3 is 2.69 bits per heavy atom. The molecule has 2 heterocycles. The van der Waals surface area contributed by atoms with E-state index in [-0.39, 0.29) is 5.78 Å². The van der Waals surface area contributed by atoms with Crippen LogP contribution in [0.5, 0.6) is 0 Å². The minimum absolute atomic E-state index is 0.141. The molecule has 1 aromatic heterocycles. The van der Waals surface area contributed by atoms with Gasteiger partial charge in [-0.1, -0.05) is 0 Å². The van der Waals surface area contributed by atoms with Gasteiger partial charge in [-0.05, 0) is 32.9 Å². The predicted molar refractivity (Wildman–Crippen MR) is 66.2 cm³/mol. The Morgan fingerprint density at radius 1 is 1.44 bits per heavy atom. The summed E-state index contributed by atoms with van der Waals surface area (Å²) < 4.78 is 0. The van der Waals surface area contributed by atoms with Crippen molar-refractivity contribution in [2.75, 3.05) is 19.6 Å². The standard InChI is InChI=1S/C12H18N2OS/c1-9-12(10(2)15)16-11(13-9)5-8-14-6-3-4-7-14/h3-8H2,1-2H3. The lowest BCUT2D eigenvalue weighted by molar-refractivity contribution is 0.102. The first-order chi connectivity index (χ1) is 7.66. The van der Waals surface area contributed by atoms with E-state index in [0.29, 0.717) is 0 Å². The number of Topliss-reactive ketones (excluding diaryl/α,β-unsaturated/α-hetero) is 1. The zero-order valence-electron chi connectivity index (χ0n) is 9.95. The van der Waals surface area contributed by atoms with Gasteiger partial charge in [-0.2, -0.15) is 0 Å². The van der Waals surface area contributed by atoms with E-state index in [4.69, 9.17) is 0 Å². The van der Waals surface area contributed by atoms with Gasteiger partial charge in [0, 0.05) is 19.9 Å². The maximum absolute atomic E-state index is 11.3. The minimum Gasteiger partial charge on any atom is -0.303 e. The van der Waals surface area contributed by atoms with Crippen LogP contribution in [0.4, 0.5) is 0 Å². The number of hydrogen-bond donors (Lipinski definition) is 0. The van der Waals surface area contributed by atoms with Crippen molar-refractivity contribution in [3.05, 3.63) is 15.6 Å². The lowest BCUT2D eigenvalue weighted by atomic mass is 10.3. The highest BCUT2D eigenvalue weighted by Crippen LogP contribution is 2.19. The third-order valence-electron chi connectivity index (χ3n) is 3.00. The molecule has 2 rings (SSSR count). The summed E-state index contributed by atoms with van der Waals surface area (Å²) in [5.74, 6) is 0.141. The van der Waals surface area contributed by atoms with Crippen LogP contribution in [0.2, 0.25) is 0 Å². The Hall–Kier alpha value is -0.740. The summed E-state index contributed by atoms with van der Waals surface area (Å²) in [5.41, 5.74) is 0.897. The van der Waals surface area contributed by atoms with E-state index in [1.807, 2.05) is 6.92 Å². The van der Waals surface area contributed by atoms with E-state index < -0.39 is 0 Å². The molecule has 88 valence electrons. The van der Waals surface area contributed by atoms with Crippen LogP contribution in [-0.4, -0.2) is 35.3 Å². The SMILES string of the molecule is CC(=O)c1sc(CCN2CCCC2)nc1C. The van der Waals surface area contributed by atoms with Crippen LogP contribution >= 0.6 is 11.3 Å². The normalized spacial score (nSPS) is 16.9. The predicted octanol–water partition coefficient (Wildman–Crippen LogP) is 2.29. The van der Waals surface area contributed by atoms with E-state index in [0.717, 1.165) is 28.5 Å². The molecule has 0 aromatic carbocycles. The fourth-order valence-electron chi connectivity index (χ4n) is 2.15. The van der Waals surface area contributed by atoms with Gasteiger partial charge in [0.15, 0.2) is 5.78 Å². The lowest BCUT2D eigenvalue weighted by Gasteiger charge is -2.12. The van der Waals surface area contributed by atoms with Crippen molar-refractivity contribution >= 4 is 17.1 Å². The van der Waals surface area contributed by atoms with Crippen molar-refractivity contribution in [1.29, 1.82) is 0 Å². The molecule has 1 aliphatic rings. The quantitative estimate of drug-likeness (QED) is 0.755. The van der Waals surface area contributed by atoms with E-state index in [2.05, 4.69) is 9.88 Å². The summed E-state index contributed by atoms with van der Waals surface area (Å²) in [4.78, 5) is 19.1. The zero-order chi connectivity index (χ0) is 11.5. The number of likely N-dealkylation sites (tertiary alicyclic amines) is 1. The number of rotatable bonds is 4. The van der Waals surface area contributed by atoms with Gasteiger partial charge < -0.3 is 4.90 Å². The number of nitrogens with zero attached hydrogens (tertiary/aromatic N) is 2. The average Bonchev–Trinajstić information content (AvgIpc) is 2.83. The fourth-order valence-corrected chi connectivity index (χ4v) is 3.09. The van der Waals surface area contributed by atoms with Crippen LogP contribution in [-0.2, 0) is 6.42 Å². The van der Waals surface area contributed by atoms with Crippen LogP contribution in [0.3, 0.4) is 0 Å². The molecule has 0 aliphatic carbocycles. The van der Waals surface area contributed by atoms with Gasteiger partial charge in [-0.15, -0.1) is 11.3 Å².